The highest BCUT2D eigenvalue weighted by Crippen LogP contribution is 2.21. The Hall–Kier alpha value is -2.14. The van der Waals surface area contributed by atoms with E-state index in [1.807, 2.05) is 19.9 Å². The third-order valence-corrected chi connectivity index (χ3v) is 7.18. The number of thioether (sulfide) groups is 1. The highest BCUT2D eigenvalue weighted by molar-refractivity contribution is 8.00. The highest BCUT2D eigenvalue weighted by atomic mass is 32.2. The molecule has 3 amide bonds. The Bertz CT molecular complexity index is 817. The SMILES string of the molecule is C/C=C1/CNC(=O)C[C@H](/C=C/CCS)OC(=O)C(C(C)C)NC(=O)C2NC(=O)[C@@H](CSC2C)N1. The van der Waals surface area contributed by atoms with Crippen LogP contribution in [0, 0.1) is 5.92 Å². The fraction of sp³-hybridized carbons (Fsp3) is 0.652. The Balaban J connectivity index is 2.36. The molecule has 9 nitrogen and oxygen atoms in total. The average molecular weight is 513 g/mol. The van der Waals surface area contributed by atoms with Crippen LogP contribution in [0.25, 0.3) is 0 Å². The zero-order valence-electron chi connectivity index (χ0n) is 20.1. The predicted molar refractivity (Wildman–Crippen MR) is 136 cm³/mol. The van der Waals surface area contributed by atoms with Gasteiger partial charge in [0.25, 0.3) is 0 Å². The third kappa shape index (κ3) is 8.26. The van der Waals surface area contributed by atoms with Crippen LogP contribution in [0.1, 0.15) is 40.5 Å². The first-order valence-corrected chi connectivity index (χ1v) is 13.2. The summed E-state index contributed by atoms with van der Waals surface area (Å²) in [5.41, 5.74) is 0.677. The van der Waals surface area contributed by atoms with Crippen LogP contribution in [-0.2, 0) is 23.9 Å². The highest BCUT2D eigenvalue weighted by Gasteiger charge is 2.37. The van der Waals surface area contributed by atoms with Crippen molar-refractivity contribution in [1.29, 1.82) is 0 Å². The predicted octanol–water partition coefficient (Wildman–Crippen LogP) is 0.917. The number of hydrogen-bond donors (Lipinski definition) is 5. The van der Waals surface area contributed by atoms with Crippen molar-refractivity contribution in [3.05, 3.63) is 23.9 Å². The van der Waals surface area contributed by atoms with Crippen molar-refractivity contribution in [2.75, 3.05) is 18.1 Å². The van der Waals surface area contributed by atoms with Crippen LogP contribution in [0.3, 0.4) is 0 Å². The lowest BCUT2D eigenvalue weighted by atomic mass is 10.0. The number of thiol groups is 1. The molecule has 2 bridgehead atoms. The van der Waals surface area contributed by atoms with Gasteiger partial charge in [0.2, 0.25) is 17.7 Å². The Labute approximate surface area is 211 Å². The van der Waals surface area contributed by atoms with E-state index >= 15 is 0 Å². The second-order valence-electron chi connectivity index (χ2n) is 8.66. The summed E-state index contributed by atoms with van der Waals surface area (Å²) >= 11 is 5.66. The minimum Gasteiger partial charge on any atom is -0.456 e. The number of carbonyl (C=O) groups excluding carboxylic acids is 4. The molecule has 2 fully saturated rings. The van der Waals surface area contributed by atoms with Gasteiger partial charge in [-0.05, 0) is 31.1 Å². The molecule has 0 radical (unpaired) electrons. The first kappa shape index (κ1) is 28.1. The molecule has 2 aliphatic rings. The molecule has 2 rings (SSSR count). The van der Waals surface area contributed by atoms with Crippen molar-refractivity contribution in [2.45, 2.75) is 70.0 Å². The standard InChI is InChI=1S/C23H36N4O5S2/c1-5-15-11-24-18(28)10-16(8-6-7-9-33)32-23(31)19(13(2)3)26-22(30)20-14(4)34-12-17(25-15)21(29)27-20/h5-6,8,13-14,16-17,19-20,25,33H,7,9-12H2,1-4H3,(H,24,28)(H,26,30)(H,27,29)/b8-6+,15-5-/t14?,16-,17+,19?,20?/m0/s1. The zero-order valence-corrected chi connectivity index (χ0v) is 21.8. The summed E-state index contributed by atoms with van der Waals surface area (Å²) < 4.78 is 5.65. The molecule has 0 aliphatic carbocycles. The minimum absolute atomic E-state index is 0.0655. The summed E-state index contributed by atoms with van der Waals surface area (Å²) in [5, 5.41) is 11.4. The van der Waals surface area contributed by atoms with Gasteiger partial charge in [-0.25, -0.2) is 4.79 Å². The van der Waals surface area contributed by atoms with Gasteiger partial charge < -0.3 is 26.0 Å². The molecular formula is C23H36N4O5S2. The fourth-order valence-electron chi connectivity index (χ4n) is 3.52. The number of esters is 1. The molecule has 0 aromatic heterocycles. The number of nitrogens with one attached hydrogen (secondary N) is 4. The molecule has 3 unspecified atom stereocenters. The lowest BCUT2D eigenvalue weighted by molar-refractivity contribution is -0.153. The number of hydrogen-bond acceptors (Lipinski definition) is 8. The first-order chi connectivity index (χ1) is 16.2. The van der Waals surface area contributed by atoms with E-state index in [1.165, 1.54) is 11.8 Å². The van der Waals surface area contributed by atoms with Gasteiger partial charge in [-0.2, -0.15) is 24.4 Å². The molecule has 190 valence electrons. The molecule has 34 heavy (non-hydrogen) atoms. The van der Waals surface area contributed by atoms with Gasteiger partial charge in [-0.15, -0.1) is 0 Å². The fourth-order valence-corrected chi connectivity index (χ4v) is 4.78. The van der Waals surface area contributed by atoms with Crippen molar-refractivity contribution in [1.82, 2.24) is 21.3 Å². The van der Waals surface area contributed by atoms with E-state index in [4.69, 9.17) is 4.74 Å². The van der Waals surface area contributed by atoms with E-state index in [0.717, 1.165) is 0 Å². The van der Waals surface area contributed by atoms with Crippen LogP contribution < -0.4 is 21.3 Å². The smallest absolute Gasteiger partial charge is 0.329 e. The lowest BCUT2D eigenvalue weighted by Crippen LogP contribution is -2.57. The van der Waals surface area contributed by atoms with Gasteiger partial charge in [0.05, 0.1) is 13.0 Å². The van der Waals surface area contributed by atoms with Crippen molar-refractivity contribution >= 4 is 48.1 Å². The summed E-state index contributed by atoms with van der Waals surface area (Å²) in [6.07, 6.45) is 5.09. The van der Waals surface area contributed by atoms with Crippen LogP contribution >= 0.6 is 24.4 Å². The number of rotatable bonds is 4. The van der Waals surface area contributed by atoms with Gasteiger partial charge in [0, 0.05) is 16.7 Å². The molecule has 5 atom stereocenters. The molecule has 4 N–H and O–H groups in total. The van der Waals surface area contributed by atoms with Gasteiger partial charge in [0.15, 0.2) is 0 Å². The van der Waals surface area contributed by atoms with E-state index in [2.05, 4.69) is 33.9 Å². The average Bonchev–Trinajstić information content (AvgIpc) is 2.92. The second kappa shape index (κ2) is 13.7. The van der Waals surface area contributed by atoms with E-state index in [0.29, 0.717) is 23.6 Å². The van der Waals surface area contributed by atoms with E-state index in [1.54, 1.807) is 26.0 Å². The van der Waals surface area contributed by atoms with E-state index in [9.17, 15) is 19.2 Å². The molecule has 2 saturated heterocycles. The van der Waals surface area contributed by atoms with Gasteiger partial charge in [-0.1, -0.05) is 32.9 Å². The Morgan fingerprint density at radius 2 is 1.88 bits per heavy atom. The zero-order chi connectivity index (χ0) is 25.3. The molecule has 2 heterocycles. The van der Waals surface area contributed by atoms with Crippen LogP contribution in [0.5, 0.6) is 0 Å². The van der Waals surface area contributed by atoms with Crippen molar-refractivity contribution in [3.63, 3.8) is 0 Å². The quantitative estimate of drug-likeness (QED) is 0.215. The summed E-state index contributed by atoms with van der Waals surface area (Å²) in [6, 6.07) is -2.29. The summed E-state index contributed by atoms with van der Waals surface area (Å²) in [4.78, 5) is 51.6. The van der Waals surface area contributed by atoms with Gasteiger partial charge in [-0.3, -0.25) is 14.4 Å². The Morgan fingerprint density at radius 1 is 1.15 bits per heavy atom. The Morgan fingerprint density at radius 3 is 2.53 bits per heavy atom. The summed E-state index contributed by atoms with van der Waals surface area (Å²) in [7, 11) is 0. The number of fused-ring (bicyclic) bond motifs is 3. The molecule has 11 heteroatoms. The molecular weight excluding hydrogens is 476 g/mol. The molecule has 0 spiro atoms. The number of amides is 3. The van der Waals surface area contributed by atoms with E-state index < -0.39 is 36.1 Å². The number of ether oxygens (including phenoxy) is 1. The maximum Gasteiger partial charge on any atom is 0.329 e. The maximum absolute atomic E-state index is 13.1. The Kier molecular flexibility index (Phi) is 11.3. The summed E-state index contributed by atoms with van der Waals surface area (Å²) in [5.74, 6) is -0.874. The monoisotopic (exact) mass is 512 g/mol. The van der Waals surface area contributed by atoms with Crippen molar-refractivity contribution < 1.29 is 23.9 Å². The molecule has 0 saturated carbocycles. The molecule has 2 aliphatic heterocycles. The molecule has 0 aromatic carbocycles. The third-order valence-electron chi connectivity index (χ3n) is 5.59. The van der Waals surface area contributed by atoms with Gasteiger partial charge in [0.1, 0.15) is 24.2 Å². The lowest BCUT2D eigenvalue weighted by Gasteiger charge is -2.27. The van der Waals surface area contributed by atoms with Crippen LogP contribution in [0.2, 0.25) is 0 Å². The second-order valence-corrected chi connectivity index (χ2v) is 10.5. The summed E-state index contributed by atoms with van der Waals surface area (Å²) in [6.45, 7) is 7.47. The normalized spacial score (nSPS) is 31.0. The number of carbonyl (C=O) groups is 4. The van der Waals surface area contributed by atoms with Crippen molar-refractivity contribution in [3.8, 4) is 0 Å². The number of allylic oxidation sites excluding steroid dienone is 2. The molecule has 0 aromatic rings. The van der Waals surface area contributed by atoms with Crippen LogP contribution in [-0.4, -0.2) is 71.2 Å². The first-order valence-electron chi connectivity index (χ1n) is 11.5. The largest absolute Gasteiger partial charge is 0.456 e. The number of cyclic esters (lactones) is 1. The van der Waals surface area contributed by atoms with Crippen molar-refractivity contribution in [2.24, 2.45) is 5.92 Å². The van der Waals surface area contributed by atoms with Crippen LogP contribution in [0.4, 0.5) is 0 Å². The van der Waals surface area contributed by atoms with Crippen LogP contribution in [0.15, 0.2) is 23.9 Å². The maximum atomic E-state index is 13.1. The minimum atomic E-state index is -0.926. The van der Waals surface area contributed by atoms with E-state index in [-0.39, 0.29) is 35.9 Å². The van der Waals surface area contributed by atoms with Gasteiger partial charge >= 0.3 is 5.97 Å². The topological polar surface area (TPSA) is 126 Å².